The van der Waals surface area contributed by atoms with E-state index in [4.69, 9.17) is 11.6 Å². The monoisotopic (exact) mass is 506 g/mol. The van der Waals surface area contributed by atoms with E-state index >= 15 is 0 Å². The second kappa shape index (κ2) is 11.5. The van der Waals surface area contributed by atoms with Gasteiger partial charge in [-0.2, -0.15) is 0 Å². The number of amides is 2. The highest BCUT2D eigenvalue weighted by Crippen LogP contribution is 2.26. The predicted octanol–water partition coefficient (Wildman–Crippen LogP) is 5.45. The summed E-state index contributed by atoms with van der Waals surface area (Å²) in [5.41, 5.74) is 2.07. The summed E-state index contributed by atoms with van der Waals surface area (Å²) >= 11 is 6.18. The molecule has 36 heavy (non-hydrogen) atoms. The van der Waals surface area contributed by atoms with Gasteiger partial charge in [0.1, 0.15) is 6.04 Å². The SMILES string of the molecule is O=C(N[C@@H](C(=O)N1CCC(CNC2CCCCC2)CC1)c1ccccc1)c1ccc2c(Cl)c[nH]c2c1. The van der Waals surface area contributed by atoms with E-state index in [2.05, 4.69) is 15.6 Å². The van der Waals surface area contributed by atoms with Crippen molar-refractivity contribution in [2.24, 2.45) is 5.92 Å². The number of rotatable bonds is 7. The first kappa shape index (κ1) is 24.8. The Labute approximate surface area is 217 Å². The van der Waals surface area contributed by atoms with Crippen molar-refractivity contribution >= 4 is 34.3 Å². The zero-order valence-corrected chi connectivity index (χ0v) is 21.4. The van der Waals surface area contributed by atoms with Gasteiger partial charge in [0.05, 0.1) is 5.02 Å². The molecule has 6 nitrogen and oxygen atoms in total. The van der Waals surface area contributed by atoms with Gasteiger partial charge in [0, 0.05) is 41.8 Å². The largest absolute Gasteiger partial charge is 0.360 e. The van der Waals surface area contributed by atoms with Crippen molar-refractivity contribution in [3.8, 4) is 0 Å². The fourth-order valence-corrected chi connectivity index (χ4v) is 5.78. The maximum absolute atomic E-state index is 13.7. The first-order valence-electron chi connectivity index (χ1n) is 13.2. The van der Waals surface area contributed by atoms with Gasteiger partial charge in [-0.1, -0.05) is 67.3 Å². The van der Waals surface area contributed by atoms with E-state index in [1.54, 1.807) is 18.3 Å². The lowest BCUT2D eigenvalue weighted by atomic mass is 9.92. The van der Waals surface area contributed by atoms with Crippen LogP contribution in [0.3, 0.4) is 0 Å². The number of nitrogens with zero attached hydrogens (tertiary/aromatic N) is 1. The number of H-pyrrole nitrogens is 1. The summed E-state index contributed by atoms with van der Waals surface area (Å²) in [4.78, 5) is 31.9. The van der Waals surface area contributed by atoms with Gasteiger partial charge in [-0.3, -0.25) is 9.59 Å². The minimum absolute atomic E-state index is 0.0442. The Hall–Kier alpha value is -2.83. The third-order valence-corrected chi connectivity index (χ3v) is 8.09. The van der Waals surface area contributed by atoms with Crippen molar-refractivity contribution in [1.82, 2.24) is 20.5 Å². The molecule has 0 bridgehead atoms. The highest BCUT2D eigenvalue weighted by molar-refractivity contribution is 6.35. The topological polar surface area (TPSA) is 77.2 Å². The zero-order valence-electron chi connectivity index (χ0n) is 20.6. The second-order valence-corrected chi connectivity index (χ2v) is 10.6. The van der Waals surface area contributed by atoms with Crippen molar-refractivity contribution in [2.45, 2.75) is 57.0 Å². The summed E-state index contributed by atoms with van der Waals surface area (Å²) in [6.45, 7) is 2.49. The number of hydrogen-bond acceptors (Lipinski definition) is 3. The van der Waals surface area contributed by atoms with E-state index in [-0.39, 0.29) is 11.8 Å². The maximum Gasteiger partial charge on any atom is 0.252 e. The number of carbonyl (C=O) groups is 2. The number of carbonyl (C=O) groups excluding carboxylic acids is 2. The number of aromatic amines is 1. The molecule has 3 aromatic rings. The maximum atomic E-state index is 13.7. The predicted molar refractivity (Wildman–Crippen MR) is 144 cm³/mol. The Bertz CT molecular complexity index is 1180. The second-order valence-electron chi connectivity index (χ2n) is 10.2. The van der Waals surface area contributed by atoms with E-state index in [1.807, 2.05) is 41.3 Å². The summed E-state index contributed by atoms with van der Waals surface area (Å²) in [5, 5.41) is 8.26. The van der Waals surface area contributed by atoms with E-state index in [1.165, 1.54) is 32.1 Å². The molecule has 1 saturated carbocycles. The van der Waals surface area contributed by atoms with Crippen molar-refractivity contribution < 1.29 is 9.59 Å². The van der Waals surface area contributed by atoms with Crippen LogP contribution in [0, 0.1) is 5.92 Å². The quantitative estimate of drug-likeness (QED) is 0.398. The summed E-state index contributed by atoms with van der Waals surface area (Å²) < 4.78 is 0. The molecular weight excluding hydrogens is 472 g/mol. The standard InChI is InChI=1S/C29H35ClN4O2/c30-25-19-32-26-17-22(11-12-24(25)26)28(35)33-27(21-7-3-1-4-8-21)29(36)34-15-13-20(14-16-34)18-31-23-9-5-2-6-10-23/h1,3-4,7-8,11-12,17,19-20,23,27,31-32H,2,5-6,9-10,13-16,18H2,(H,33,35)/t27-/m1/s1. The molecule has 2 aliphatic rings. The van der Waals surface area contributed by atoms with Crippen LogP contribution in [-0.2, 0) is 4.79 Å². The number of nitrogens with one attached hydrogen (secondary N) is 3. The zero-order chi connectivity index (χ0) is 24.9. The Balaban J connectivity index is 1.23. The molecule has 3 N–H and O–H groups in total. The molecule has 0 spiro atoms. The molecular formula is C29H35ClN4O2. The number of aromatic nitrogens is 1. The molecule has 2 fully saturated rings. The van der Waals surface area contributed by atoms with Crippen molar-refractivity contribution in [2.75, 3.05) is 19.6 Å². The first-order chi connectivity index (χ1) is 17.6. The molecule has 1 aliphatic carbocycles. The lowest BCUT2D eigenvalue weighted by Gasteiger charge is -2.35. The normalized spacial score (nSPS) is 18.3. The third kappa shape index (κ3) is 5.76. The van der Waals surface area contributed by atoms with Crippen LogP contribution in [-0.4, -0.2) is 47.4 Å². The van der Waals surface area contributed by atoms with Crippen molar-refractivity contribution in [3.05, 3.63) is 70.9 Å². The van der Waals surface area contributed by atoms with Gasteiger partial charge >= 0.3 is 0 Å². The highest BCUT2D eigenvalue weighted by Gasteiger charge is 2.31. The van der Waals surface area contributed by atoms with Gasteiger partial charge in [-0.25, -0.2) is 0 Å². The fraction of sp³-hybridized carbons (Fsp3) is 0.448. The van der Waals surface area contributed by atoms with Crippen LogP contribution in [0.25, 0.3) is 10.9 Å². The lowest BCUT2D eigenvalue weighted by molar-refractivity contribution is -0.134. The van der Waals surface area contributed by atoms with Gasteiger partial charge in [0.15, 0.2) is 0 Å². The molecule has 1 aromatic heterocycles. The molecule has 2 heterocycles. The molecule has 190 valence electrons. The molecule has 1 atom stereocenters. The molecule has 7 heteroatoms. The van der Waals surface area contributed by atoms with E-state index in [0.29, 0.717) is 22.5 Å². The molecule has 0 unspecified atom stereocenters. The fourth-order valence-electron chi connectivity index (χ4n) is 5.56. The first-order valence-corrected chi connectivity index (χ1v) is 13.6. The number of fused-ring (bicyclic) bond motifs is 1. The Morgan fingerprint density at radius 1 is 1.00 bits per heavy atom. The summed E-state index contributed by atoms with van der Waals surface area (Å²) in [6, 6.07) is 14.8. The van der Waals surface area contributed by atoms with Gasteiger partial charge in [-0.15, -0.1) is 0 Å². The smallest absolute Gasteiger partial charge is 0.252 e. The van der Waals surface area contributed by atoms with Crippen LogP contribution >= 0.6 is 11.6 Å². The molecule has 1 saturated heterocycles. The van der Waals surface area contributed by atoms with Crippen LogP contribution in [0.1, 0.15) is 66.9 Å². The van der Waals surface area contributed by atoms with Crippen molar-refractivity contribution in [3.63, 3.8) is 0 Å². The van der Waals surface area contributed by atoms with E-state index in [0.717, 1.165) is 48.9 Å². The van der Waals surface area contributed by atoms with Crippen LogP contribution in [0.15, 0.2) is 54.7 Å². The highest BCUT2D eigenvalue weighted by atomic mass is 35.5. The molecule has 5 rings (SSSR count). The average Bonchev–Trinajstić information content (AvgIpc) is 3.31. The van der Waals surface area contributed by atoms with Gasteiger partial charge in [0.2, 0.25) is 5.91 Å². The Morgan fingerprint density at radius 2 is 1.75 bits per heavy atom. The number of piperidine rings is 1. The average molecular weight is 507 g/mol. The number of likely N-dealkylation sites (tertiary alicyclic amines) is 1. The number of benzene rings is 2. The molecule has 2 aromatic carbocycles. The van der Waals surface area contributed by atoms with Gasteiger partial charge < -0.3 is 20.5 Å². The van der Waals surface area contributed by atoms with E-state index in [9.17, 15) is 9.59 Å². The molecule has 2 amide bonds. The lowest BCUT2D eigenvalue weighted by Crippen LogP contribution is -2.47. The summed E-state index contributed by atoms with van der Waals surface area (Å²) in [7, 11) is 0. The third-order valence-electron chi connectivity index (χ3n) is 7.78. The van der Waals surface area contributed by atoms with Crippen molar-refractivity contribution in [1.29, 1.82) is 0 Å². The Kier molecular flexibility index (Phi) is 7.93. The molecule has 0 radical (unpaired) electrons. The van der Waals surface area contributed by atoms with Crippen LogP contribution < -0.4 is 10.6 Å². The summed E-state index contributed by atoms with van der Waals surface area (Å²) in [6.07, 6.45) is 10.3. The number of hydrogen-bond donors (Lipinski definition) is 3. The van der Waals surface area contributed by atoms with Gasteiger partial charge in [-0.05, 0) is 55.8 Å². The Morgan fingerprint density at radius 3 is 2.50 bits per heavy atom. The summed E-state index contributed by atoms with van der Waals surface area (Å²) in [5.74, 6) is 0.272. The van der Waals surface area contributed by atoms with Gasteiger partial charge in [0.25, 0.3) is 5.91 Å². The van der Waals surface area contributed by atoms with Crippen LogP contribution in [0.4, 0.5) is 0 Å². The van der Waals surface area contributed by atoms with Crippen LogP contribution in [0.5, 0.6) is 0 Å². The van der Waals surface area contributed by atoms with E-state index < -0.39 is 6.04 Å². The molecule has 1 aliphatic heterocycles. The minimum Gasteiger partial charge on any atom is -0.360 e. The minimum atomic E-state index is -0.724. The van der Waals surface area contributed by atoms with Crippen LogP contribution in [0.2, 0.25) is 5.02 Å². The number of halogens is 1.